The molecule has 1 N–H and O–H groups in total. The van der Waals surface area contributed by atoms with Gasteiger partial charge in [0.15, 0.2) is 0 Å². The van der Waals surface area contributed by atoms with E-state index in [1.807, 2.05) is 12.2 Å². The molecule has 0 aliphatic heterocycles. The lowest BCUT2D eigenvalue weighted by Crippen LogP contribution is -2.26. The van der Waals surface area contributed by atoms with Crippen molar-refractivity contribution in [2.75, 3.05) is 6.61 Å². The zero-order valence-electron chi connectivity index (χ0n) is 13.1. The summed E-state index contributed by atoms with van der Waals surface area (Å²) >= 11 is 0. The molecule has 110 valence electrons. The summed E-state index contributed by atoms with van der Waals surface area (Å²) in [7, 11) is 0. The highest BCUT2D eigenvalue weighted by Gasteiger charge is 2.30. The molecule has 0 aromatic carbocycles. The second kappa shape index (κ2) is 8.06. The van der Waals surface area contributed by atoms with Gasteiger partial charge in [0.05, 0.1) is 6.61 Å². The van der Waals surface area contributed by atoms with Crippen LogP contribution in [0.15, 0.2) is 60.3 Å². The van der Waals surface area contributed by atoms with Crippen molar-refractivity contribution in [1.29, 1.82) is 0 Å². The summed E-state index contributed by atoms with van der Waals surface area (Å²) in [5.41, 5.74) is 2.94. The molecule has 1 rings (SSSR count). The first kappa shape index (κ1) is 16.7. The molecule has 1 unspecified atom stereocenters. The van der Waals surface area contributed by atoms with E-state index < -0.39 is 0 Å². The van der Waals surface area contributed by atoms with Crippen LogP contribution < -0.4 is 0 Å². The lowest BCUT2D eigenvalue weighted by Gasteiger charge is -2.36. The Balaban J connectivity index is 2.56. The van der Waals surface area contributed by atoms with E-state index in [4.69, 9.17) is 5.11 Å². The quantitative estimate of drug-likeness (QED) is 0.534. The fourth-order valence-corrected chi connectivity index (χ4v) is 2.72. The Bertz CT molecular complexity index is 433. The second-order valence-corrected chi connectivity index (χ2v) is 6.21. The lowest BCUT2D eigenvalue weighted by atomic mass is 9.68. The number of rotatable bonds is 6. The smallest absolute Gasteiger partial charge is 0.0615 e. The second-order valence-electron chi connectivity index (χ2n) is 6.21. The molecule has 1 aliphatic carbocycles. The van der Waals surface area contributed by atoms with Crippen LogP contribution in [0, 0.1) is 11.3 Å². The normalized spacial score (nSPS) is 22.8. The molecule has 0 spiro atoms. The molecular formula is C19H28O. The number of aliphatic hydroxyl groups is 1. The van der Waals surface area contributed by atoms with Crippen LogP contribution in [0.1, 0.15) is 40.0 Å². The molecule has 0 saturated carbocycles. The molecule has 1 heteroatoms. The van der Waals surface area contributed by atoms with Crippen molar-refractivity contribution in [3.63, 3.8) is 0 Å². The van der Waals surface area contributed by atoms with Crippen molar-refractivity contribution in [3.05, 3.63) is 60.3 Å². The van der Waals surface area contributed by atoms with Crippen LogP contribution in [0.2, 0.25) is 0 Å². The van der Waals surface area contributed by atoms with E-state index in [9.17, 15) is 0 Å². The van der Waals surface area contributed by atoms with Crippen molar-refractivity contribution in [2.24, 2.45) is 11.3 Å². The van der Waals surface area contributed by atoms with Gasteiger partial charge >= 0.3 is 0 Å². The van der Waals surface area contributed by atoms with Gasteiger partial charge in [-0.15, -0.1) is 0 Å². The maximum atomic E-state index is 8.62. The highest BCUT2D eigenvalue weighted by Crippen LogP contribution is 2.41. The third-order valence-electron chi connectivity index (χ3n) is 3.98. The average Bonchev–Trinajstić information content (AvgIpc) is 2.37. The van der Waals surface area contributed by atoms with E-state index in [0.717, 1.165) is 12.0 Å². The van der Waals surface area contributed by atoms with Gasteiger partial charge in [-0.25, -0.2) is 0 Å². The van der Waals surface area contributed by atoms with Crippen molar-refractivity contribution < 1.29 is 5.11 Å². The Morgan fingerprint density at radius 2 is 2.10 bits per heavy atom. The van der Waals surface area contributed by atoms with Gasteiger partial charge in [-0.1, -0.05) is 74.1 Å². The Hall–Kier alpha value is -1.34. The summed E-state index contributed by atoms with van der Waals surface area (Å²) in [4.78, 5) is 0. The molecule has 0 fully saturated rings. The molecular weight excluding hydrogens is 244 g/mol. The predicted octanol–water partition coefficient (Wildman–Crippen LogP) is 4.98. The van der Waals surface area contributed by atoms with E-state index in [0.29, 0.717) is 11.3 Å². The van der Waals surface area contributed by atoms with Gasteiger partial charge in [0.1, 0.15) is 0 Å². The molecule has 1 aliphatic rings. The van der Waals surface area contributed by atoms with Gasteiger partial charge in [-0.05, 0) is 31.6 Å². The van der Waals surface area contributed by atoms with Crippen molar-refractivity contribution in [2.45, 2.75) is 40.0 Å². The molecule has 0 saturated heterocycles. The first-order valence-electron chi connectivity index (χ1n) is 7.42. The van der Waals surface area contributed by atoms with Crippen LogP contribution in [-0.2, 0) is 0 Å². The Morgan fingerprint density at radius 3 is 2.75 bits per heavy atom. The number of allylic oxidation sites excluding steroid dienone is 8. The van der Waals surface area contributed by atoms with E-state index in [2.05, 4.69) is 51.7 Å². The lowest BCUT2D eigenvalue weighted by molar-refractivity contribution is 0.255. The van der Waals surface area contributed by atoms with Crippen LogP contribution in [0.4, 0.5) is 0 Å². The van der Waals surface area contributed by atoms with Gasteiger partial charge in [-0.3, -0.25) is 0 Å². The Morgan fingerprint density at radius 1 is 1.40 bits per heavy atom. The van der Waals surface area contributed by atoms with Crippen LogP contribution in [0.3, 0.4) is 0 Å². The summed E-state index contributed by atoms with van der Waals surface area (Å²) in [6, 6.07) is 0. The monoisotopic (exact) mass is 272 g/mol. The van der Waals surface area contributed by atoms with Crippen LogP contribution in [0.25, 0.3) is 0 Å². The molecule has 0 aromatic rings. The van der Waals surface area contributed by atoms with Crippen molar-refractivity contribution in [1.82, 2.24) is 0 Å². The van der Waals surface area contributed by atoms with Gasteiger partial charge in [0, 0.05) is 5.92 Å². The highest BCUT2D eigenvalue weighted by atomic mass is 16.2. The first-order chi connectivity index (χ1) is 9.47. The minimum Gasteiger partial charge on any atom is -0.392 e. The van der Waals surface area contributed by atoms with E-state index >= 15 is 0 Å². The molecule has 0 amide bonds. The topological polar surface area (TPSA) is 20.2 Å². The minimum atomic E-state index is 0.0908. The van der Waals surface area contributed by atoms with Crippen LogP contribution in [-0.4, -0.2) is 11.7 Å². The van der Waals surface area contributed by atoms with E-state index in [1.165, 1.54) is 18.4 Å². The average molecular weight is 272 g/mol. The summed E-state index contributed by atoms with van der Waals surface area (Å²) in [5, 5.41) is 8.62. The molecule has 0 bridgehead atoms. The summed E-state index contributed by atoms with van der Waals surface area (Å²) in [6.07, 6.45) is 17.7. The molecule has 0 aromatic heterocycles. The Kier molecular flexibility index (Phi) is 6.74. The molecule has 20 heavy (non-hydrogen) atoms. The summed E-state index contributed by atoms with van der Waals surface area (Å²) in [5.74, 6) is 0.520. The van der Waals surface area contributed by atoms with Crippen LogP contribution in [0.5, 0.6) is 0 Å². The maximum Gasteiger partial charge on any atom is 0.0615 e. The Labute approximate surface area is 124 Å². The highest BCUT2D eigenvalue weighted by molar-refractivity contribution is 5.25. The molecule has 1 nitrogen and oxygen atoms in total. The summed E-state index contributed by atoms with van der Waals surface area (Å²) in [6.45, 7) is 11.1. The third-order valence-corrected chi connectivity index (χ3v) is 3.98. The fraction of sp³-hybridized carbons (Fsp3) is 0.474. The van der Waals surface area contributed by atoms with Gasteiger partial charge in [-0.2, -0.15) is 0 Å². The fourth-order valence-electron chi connectivity index (χ4n) is 2.72. The minimum absolute atomic E-state index is 0.0908. The van der Waals surface area contributed by atoms with Crippen molar-refractivity contribution in [3.8, 4) is 0 Å². The number of hydrogen-bond acceptors (Lipinski definition) is 1. The van der Waals surface area contributed by atoms with Crippen LogP contribution >= 0.6 is 0 Å². The van der Waals surface area contributed by atoms with E-state index in [-0.39, 0.29) is 6.61 Å². The molecule has 0 heterocycles. The zero-order valence-corrected chi connectivity index (χ0v) is 13.1. The van der Waals surface area contributed by atoms with Gasteiger partial charge < -0.3 is 5.11 Å². The number of hydrogen-bond donors (Lipinski definition) is 1. The molecule has 0 radical (unpaired) electrons. The molecule has 1 atom stereocenters. The zero-order chi connectivity index (χ0) is 15.0. The SMILES string of the molecule is C=C(C=CC1C(C)=CCCC1(C)C)CC=CC=CCO. The number of aliphatic hydroxyl groups excluding tert-OH is 1. The maximum absolute atomic E-state index is 8.62. The van der Waals surface area contributed by atoms with E-state index in [1.54, 1.807) is 6.08 Å². The first-order valence-corrected chi connectivity index (χ1v) is 7.42. The van der Waals surface area contributed by atoms with Gasteiger partial charge in [0.25, 0.3) is 0 Å². The van der Waals surface area contributed by atoms with Crippen molar-refractivity contribution >= 4 is 0 Å². The van der Waals surface area contributed by atoms with Gasteiger partial charge in [0.2, 0.25) is 0 Å². The predicted molar refractivity (Wildman–Crippen MR) is 88.5 cm³/mol. The summed E-state index contributed by atoms with van der Waals surface area (Å²) < 4.78 is 0. The third kappa shape index (κ3) is 5.34. The largest absolute Gasteiger partial charge is 0.392 e. The standard InChI is InChI=1S/C19H28O/c1-16(10-7-5-6-8-15-20)12-13-18-17(2)11-9-14-19(18,3)4/h5-8,11-13,18,20H,1,9-10,14-15H2,2-4H3.